The van der Waals surface area contributed by atoms with Crippen molar-refractivity contribution in [2.24, 2.45) is 5.92 Å². The largest absolute Gasteiger partial charge is 0.326 e. The van der Waals surface area contributed by atoms with Crippen LogP contribution in [0.1, 0.15) is 26.2 Å². The van der Waals surface area contributed by atoms with Crippen molar-refractivity contribution >= 4 is 21.4 Å². The van der Waals surface area contributed by atoms with E-state index in [0.29, 0.717) is 22.9 Å². The van der Waals surface area contributed by atoms with Crippen LogP contribution in [-0.2, 0) is 14.6 Å². The Balaban J connectivity index is 1.92. The summed E-state index contributed by atoms with van der Waals surface area (Å²) < 4.78 is 23.4. The van der Waals surface area contributed by atoms with E-state index in [1.165, 1.54) is 12.1 Å². The van der Waals surface area contributed by atoms with Gasteiger partial charge >= 0.3 is 0 Å². The maximum Gasteiger partial charge on any atom is 0.224 e. The second kappa shape index (κ2) is 7.04. The lowest BCUT2D eigenvalue weighted by Crippen LogP contribution is -2.32. The second-order valence-corrected chi connectivity index (χ2v) is 7.67. The molecular weight excluding hydrogens is 288 g/mol. The number of sulfone groups is 1. The predicted molar refractivity (Wildman–Crippen MR) is 83.0 cm³/mol. The van der Waals surface area contributed by atoms with Crippen LogP contribution < -0.4 is 10.6 Å². The van der Waals surface area contributed by atoms with Crippen LogP contribution in [-0.4, -0.2) is 33.2 Å². The highest BCUT2D eigenvalue weighted by Gasteiger charge is 2.17. The first-order valence-corrected chi connectivity index (χ1v) is 9.00. The molecule has 1 heterocycles. The molecule has 6 heteroatoms. The third-order valence-electron chi connectivity index (χ3n) is 3.75. The van der Waals surface area contributed by atoms with E-state index < -0.39 is 9.84 Å². The molecule has 1 atom stereocenters. The van der Waals surface area contributed by atoms with Crippen LogP contribution in [0.15, 0.2) is 29.2 Å². The van der Waals surface area contributed by atoms with Gasteiger partial charge in [-0.3, -0.25) is 4.79 Å². The number of hydrogen-bond donors (Lipinski definition) is 2. The van der Waals surface area contributed by atoms with Crippen molar-refractivity contribution in [2.75, 3.05) is 24.2 Å². The molecule has 1 amide bonds. The molecule has 0 aromatic heterocycles. The minimum absolute atomic E-state index is 0.0187. The van der Waals surface area contributed by atoms with Crippen molar-refractivity contribution in [1.82, 2.24) is 5.32 Å². The Hall–Kier alpha value is -1.40. The van der Waals surface area contributed by atoms with Gasteiger partial charge in [0.1, 0.15) is 0 Å². The van der Waals surface area contributed by atoms with Gasteiger partial charge in [-0.05, 0) is 56.1 Å². The standard InChI is InChI=1S/C15H22N2O3S/c1-2-21(19,20)14-7-5-13(6-8-14)17-15(18)10-12-4-3-9-16-11-12/h5-8,12,16H,2-4,9-11H2,1H3,(H,17,18). The summed E-state index contributed by atoms with van der Waals surface area (Å²) in [4.78, 5) is 12.3. The Bertz CT molecular complexity index is 575. The molecule has 1 fully saturated rings. The average Bonchev–Trinajstić information content (AvgIpc) is 2.48. The Morgan fingerprint density at radius 3 is 2.62 bits per heavy atom. The maximum absolute atomic E-state index is 12.0. The molecule has 2 rings (SSSR count). The topological polar surface area (TPSA) is 75.3 Å². The molecule has 1 aliphatic heterocycles. The lowest BCUT2D eigenvalue weighted by molar-refractivity contribution is -0.117. The zero-order chi connectivity index (χ0) is 15.3. The van der Waals surface area contributed by atoms with Crippen molar-refractivity contribution in [3.8, 4) is 0 Å². The quantitative estimate of drug-likeness (QED) is 0.870. The normalized spacial score (nSPS) is 19.2. The molecule has 0 spiro atoms. The SMILES string of the molecule is CCS(=O)(=O)c1ccc(NC(=O)CC2CCCNC2)cc1. The van der Waals surface area contributed by atoms with E-state index in [4.69, 9.17) is 0 Å². The van der Waals surface area contributed by atoms with Gasteiger partial charge in [0, 0.05) is 12.1 Å². The van der Waals surface area contributed by atoms with Crippen LogP contribution in [0.4, 0.5) is 5.69 Å². The third kappa shape index (κ3) is 4.54. The summed E-state index contributed by atoms with van der Waals surface area (Å²) in [5, 5.41) is 6.11. The Labute approximate surface area is 126 Å². The fourth-order valence-corrected chi connectivity index (χ4v) is 3.37. The molecule has 21 heavy (non-hydrogen) atoms. The first-order valence-electron chi connectivity index (χ1n) is 7.34. The number of carbonyl (C=O) groups is 1. The fraction of sp³-hybridized carbons (Fsp3) is 0.533. The summed E-state index contributed by atoms with van der Waals surface area (Å²) in [7, 11) is -3.19. The molecule has 5 nitrogen and oxygen atoms in total. The van der Waals surface area contributed by atoms with E-state index in [2.05, 4.69) is 10.6 Å². The first-order chi connectivity index (χ1) is 10.0. The van der Waals surface area contributed by atoms with E-state index in [9.17, 15) is 13.2 Å². The van der Waals surface area contributed by atoms with E-state index in [-0.39, 0.29) is 11.7 Å². The summed E-state index contributed by atoms with van der Waals surface area (Å²) in [6, 6.07) is 6.35. The van der Waals surface area contributed by atoms with Gasteiger partial charge in [-0.25, -0.2) is 8.42 Å². The molecule has 1 aromatic rings. The van der Waals surface area contributed by atoms with Gasteiger partial charge in [0.2, 0.25) is 5.91 Å². The molecular formula is C15H22N2O3S. The average molecular weight is 310 g/mol. The molecule has 1 saturated heterocycles. The highest BCUT2D eigenvalue weighted by atomic mass is 32.2. The molecule has 116 valence electrons. The molecule has 0 saturated carbocycles. The van der Waals surface area contributed by atoms with Gasteiger partial charge in [0.05, 0.1) is 10.6 Å². The van der Waals surface area contributed by atoms with Gasteiger partial charge in [-0.15, -0.1) is 0 Å². The van der Waals surface area contributed by atoms with E-state index in [1.54, 1.807) is 19.1 Å². The van der Waals surface area contributed by atoms with Crippen LogP contribution in [0, 0.1) is 5.92 Å². The predicted octanol–water partition coefficient (Wildman–Crippen LogP) is 1.81. The minimum Gasteiger partial charge on any atom is -0.326 e. The first kappa shape index (κ1) is 16.0. The highest BCUT2D eigenvalue weighted by Crippen LogP contribution is 2.18. The zero-order valence-corrected chi connectivity index (χ0v) is 13.1. The van der Waals surface area contributed by atoms with E-state index in [0.717, 1.165) is 25.9 Å². The summed E-state index contributed by atoms with van der Waals surface area (Å²) in [6.45, 7) is 3.54. The van der Waals surface area contributed by atoms with Crippen LogP contribution in [0.2, 0.25) is 0 Å². The molecule has 1 unspecified atom stereocenters. The van der Waals surface area contributed by atoms with Crippen molar-refractivity contribution < 1.29 is 13.2 Å². The smallest absolute Gasteiger partial charge is 0.224 e. The van der Waals surface area contributed by atoms with Gasteiger partial charge < -0.3 is 10.6 Å². The molecule has 1 aliphatic rings. The number of piperidine rings is 1. The van der Waals surface area contributed by atoms with Gasteiger partial charge in [0.15, 0.2) is 9.84 Å². The number of nitrogens with one attached hydrogen (secondary N) is 2. The molecule has 0 radical (unpaired) electrons. The maximum atomic E-state index is 12.0. The third-order valence-corrected chi connectivity index (χ3v) is 5.50. The van der Waals surface area contributed by atoms with Crippen LogP contribution in [0.3, 0.4) is 0 Å². The Kier molecular flexibility index (Phi) is 5.36. The Morgan fingerprint density at radius 2 is 2.05 bits per heavy atom. The molecule has 0 aliphatic carbocycles. The number of anilines is 1. The number of carbonyl (C=O) groups excluding carboxylic acids is 1. The summed E-state index contributed by atoms with van der Waals surface area (Å²) in [5.41, 5.74) is 0.638. The summed E-state index contributed by atoms with van der Waals surface area (Å²) in [6.07, 6.45) is 2.69. The Morgan fingerprint density at radius 1 is 1.33 bits per heavy atom. The number of benzene rings is 1. The molecule has 2 N–H and O–H groups in total. The van der Waals surface area contributed by atoms with Crippen LogP contribution >= 0.6 is 0 Å². The number of amides is 1. The van der Waals surface area contributed by atoms with Gasteiger partial charge in [-0.1, -0.05) is 6.92 Å². The second-order valence-electron chi connectivity index (χ2n) is 5.39. The molecule has 1 aromatic carbocycles. The lowest BCUT2D eigenvalue weighted by atomic mass is 9.96. The monoisotopic (exact) mass is 310 g/mol. The summed E-state index contributed by atoms with van der Waals surface area (Å²) in [5.74, 6) is 0.446. The zero-order valence-electron chi connectivity index (χ0n) is 12.3. The minimum atomic E-state index is -3.19. The number of rotatable bonds is 5. The van der Waals surface area contributed by atoms with Crippen molar-refractivity contribution in [2.45, 2.75) is 31.1 Å². The number of hydrogen-bond acceptors (Lipinski definition) is 4. The van der Waals surface area contributed by atoms with Crippen LogP contribution in [0.25, 0.3) is 0 Å². The molecule has 0 bridgehead atoms. The lowest BCUT2D eigenvalue weighted by Gasteiger charge is -2.22. The fourth-order valence-electron chi connectivity index (χ4n) is 2.48. The van der Waals surface area contributed by atoms with E-state index in [1.807, 2.05) is 0 Å². The van der Waals surface area contributed by atoms with Gasteiger partial charge in [0.25, 0.3) is 0 Å². The van der Waals surface area contributed by atoms with Crippen molar-refractivity contribution in [3.63, 3.8) is 0 Å². The summed E-state index contributed by atoms with van der Waals surface area (Å²) >= 11 is 0. The highest BCUT2D eigenvalue weighted by molar-refractivity contribution is 7.91. The van der Waals surface area contributed by atoms with Crippen LogP contribution in [0.5, 0.6) is 0 Å². The van der Waals surface area contributed by atoms with Gasteiger partial charge in [-0.2, -0.15) is 0 Å². The van der Waals surface area contributed by atoms with Crippen molar-refractivity contribution in [3.05, 3.63) is 24.3 Å². The van der Waals surface area contributed by atoms with E-state index >= 15 is 0 Å². The van der Waals surface area contributed by atoms with Crippen molar-refractivity contribution in [1.29, 1.82) is 0 Å².